The van der Waals surface area contributed by atoms with Crippen LogP contribution in [0.4, 0.5) is 0 Å². The average molecular weight is 220 g/mol. The number of fused-ring (bicyclic) bond motifs is 1. The molecule has 2 heterocycles. The maximum atomic E-state index is 11.4. The van der Waals surface area contributed by atoms with Gasteiger partial charge in [0.05, 0.1) is 5.39 Å². The topological polar surface area (TPSA) is 97.8 Å². The van der Waals surface area contributed by atoms with Crippen molar-refractivity contribution in [3.63, 3.8) is 0 Å². The van der Waals surface area contributed by atoms with Crippen LogP contribution in [-0.2, 0) is 16.1 Å². The Morgan fingerprint density at radius 1 is 1.56 bits per heavy atom. The number of esters is 1. The van der Waals surface area contributed by atoms with Crippen LogP contribution in [0, 0.1) is 0 Å². The van der Waals surface area contributed by atoms with Crippen LogP contribution in [0.5, 0.6) is 0 Å². The summed E-state index contributed by atoms with van der Waals surface area (Å²) in [7, 11) is 0. The Balaban J connectivity index is 2.50. The van der Waals surface area contributed by atoms with Gasteiger partial charge in [-0.15, -0.1) is 0 Å². The third kappa shape index (κ3) is 1.88. The van der Waals surface area contributed by atoms with E-state index in [0.29, 0.717) is 11.1 Å². The van der Waals surface area contributed by atoms with Crippen molar-refractivity contribution in [2.24, 2.45) is 0 Å². The van der Waals surface area contributed by atoms with E-state index < -0.39 is 11.5 Å². The Kier molecular flexibility index (Phi) is 2.59. The molecule has 82 valence electrons. The van der Waals surface area contributed by atoms with E-state index in [0.717, 1.165) is 0 Å². The molecule has 0 aliphatic heterocycles. The number of hydrogen-bond donors (Lipinski definition) is 1. The fourth-order valence-electron chi connectivity index (χ4n) is 1.23. The third-order valence-electron chi connectivity index (χ3n) is 1.94. The molecule has 0 unspecified atom stereocenters. The van der Waals surface area contributed by atoms with E-state index in [-0.39, 0.29) is 12.1 Å². The number of aromatic amines is 1. The lowest BCUT2D eigenvalue weighted by Crippen LogP contribution is -2.14. The van der Waals surface area contributed by atoms with Crippen LogP contribution in [0.3, 0.4) is 0 Å². The number of aromatic nitrogens is 4. The summed E-state index contributed by atoms with van der Waals surface area (Å²) < 4.78 is 4.80. The number of carbonyl (C=O) groups is 1. The van der Waals surface area contributed by atoms with Crippen LogP contribution >= 0.6 is 0 Å². The molecular weight excluding hydrogens is 212 g/mol. The van der Waals surface area contributed by atoms with Gasteiger partial charge >= 0.3 is 5.97 Å². The lowest BCUT2D eigenvalue weighted by molar-refractivity contribution is -0.142. The molecule has 2 aromatic rings. The van der Waals surface area contributed by atoms with E-state index >= 15 is 0 Å². The van der Waals surface area contributed by atoms with E-state index in [1.165, 1.54) is 19.4 Å². The number of nitrogens with zero attached hydrogens (tertiary/aromatic N) is 3. The monoisotopic (exact) mass is 220 g/mol. The molecule has 0 radical (unpaired) electrons. The van der Waals surface area contributed by atoms with Gasteiger partial charge in [-0.1, -0.05) is 0 Å². The zero-order chi connectivity index (χ0) is 11.5. The number of H-pyrrole nitrogens is 1. The second-order valence-electron chi connectivity index (χ2n) is 3.06. The average Bonchev–Trinajstić information content (AvgIpc) is 2.28. The number of ether oxygens (including phenoxy) is 1. The lowest BCUT2D eigenvalue weighted by Gasteiger charge is -2.03. The lowest BCUT2D eigenvalue weighted by atomic mass is 10.2. The summed E-state index contributed by atoms with van der Waals surface area (Å²) >= 11 is 0. The second-order valence-corrected chi connectivity index (χ2v) is 3.06. The van der Waals surface area contributed by atoms with Crippen LogP contribution in [0.15, 0.2) is 17.3 Å². The van der Waals surface area contributed by atoms with Crippen molar-refractivity contribution in [1.29, 1.82) is 0 Å². The summed E-state index contributed by atoms with van der Waals surface area (Å²) in [6, 6.07) is 0. The molecule has 1 N–H and O–H groups in total. The molecule has 0 atom stereocenters. The highest BCUT2D eigenvalue weighted by Gasteiger charge is 2.08. The highest BCUT2D eigenvalue weighted by Crippen LogP contribution is 2.09. The largest absolute Gasteiger partial charge is 0.459 e. The molecule has 0 saturated carbocycles. The van der Waals surface area contributed by atoms with Crippen molar-refractivity contribution >= 4 is 16.9 Å². The van der Waals surface area contributed by atoms with Crippen molar-refractivity contribution in [3.05, 3.63) is 28.6 Å². The molecule has 0 aromatic carbocycles. The molecule has 2 aromatic heterocycles. The van der Waals surface area contributed by atoms with Crippen LogP contribution in [-0.4, -0.2) is 26.1 Å². The normalized spacial score (nSPS) is 10.3. The van der Waals surface area contributed by atoms with E-state index in [9.17, 15) is 9.59 Å². The first-order valence-electron chi connectivity index (χ1n) is 4.49. The first-order chi connectivity index (χ1) is 7.68. The summed E-state index contributed by atoms with van der Waals surface area (Å²) in [5.41, 5.74) is 0.251. The fraction of sp³-hybridized carbons (Fsp3) is 0.222. The smallest absolute Gasteiger partial charge is 0.303 e. The number of carbonyl (C=O) groups excluding carboxylic acids is 1. The van der Waals surface area contributed by atoms with Gasteiger partial charge in [-0.3, -0.25) is 9.59 Å². The maximum absolute atomic E-state index is 11.4. The molecule has 7 heteroatoms. The van der Waals surface area contributed by atoms with Gasteiger partial charge in [-0.2, -0.15) is 5.10 Å². The Hall–Kier alpha value is -2.31. The SMILES string of the molecule is CC(=O)OCc1n[nH]c(=O)c2ncncc12. The quantitative estimate of drug-likeness (QED) is 0.702. The van der Waals surface area contributed by atoms with Gasteiger partial charge < -0.3 is 4.74 Å². The minimum atomic E-state index is -0.419. The molecule has 0 aliphatic rings. The van der Waals surface area contributed by atoms with E-state index in [1.54, 1.807) is 0 Å². The highest BCUT2D eigenvalue weighted by atomic mass is 16.5. The zero-order valence-corrected chi connectivity index (χ0v) is 8.43. The minimum Gasteiger partial charge on any atom is -0.459 e. The standard InChI is InChI=1S/C9H8N4O3/c1-5(14)16-3-7-6-2-10-4-11-8(6)9(15)13-12-7/h2,4H,3H2,1H3,(H,13,15). The first-order valence-corrected chi connectivity index (χ1v) is 4.49. The molecular formula is C9H8N4O3. The first kappa shape index (κ1) is 10.2. The summed E-state index contributed by atoms with van der Waals surface area (Å²) in [5, 5.41) is 6.54. The summed E-state index contributed by atoms with van der Waals surface area (Å²) in [6.07, 6.45) is 2.73. The molecule has 2 rings (SSSR count). The molecule has 0 bridgehead atoms. The maximum Gasteiger partial charge on any atom is 0.303 e. The van der Waals surface area contributed by atoms with Crippen molar-refractivity contribution in [2.75, 3.05) is 0 Å². The van der Waals surface area contributed by atoms with Crippen LogP contribution in [0.1, 0.15) is 12.6 Å². The molecule has 0 amide bonds. The Bertz CT molecular complexity index is 593. The highest BCUT2D eigenvalue weighted by molar-refractivity contribution is 5.78. The minimum absolute atomic E-state index is 0.0179. The zero-order valence-electron chi connectivity index (χ0n) is 8.43. The van der Waals surface area contributed by atoms with Crippen molar-refractivity contribution in [3.8, 4) is 0 Å². The Morgan fingerprint density at radius 3 is 3.12 bits per heavy atom. The third-order valence-corrected chi connectivity index (χ3v) is 1.94. The van der Waals surface area contributed by atoms with Gasteiger partial charge in [0.15, 0.2) is 0 Å². The van der Waals surface area contributed by atoms with E-state index in [4.69, 9.17) is 4.74 Å². The van der Waals surface area contributed by atoms with Crippen molar-refractivity contribution < 1.29 is 9.53 Å². The van der Waals surface area contributed by atoms with Gasteiger partial charge in [-0.05, 0) is 0 Å². The number of hydrogen-bond acceptors (Lipinski definition) is 6. The molecule has 0 saturated heterocycles. The van der Waals surface area contributed by atoms with Crippen LogP contribution in [0.2, 0.25) is 0 Å². The molecule has 0 fully saturated rings. The number of nitrogens with one attached hydrogen (secondary N) is 1. The van der Waals surface area contributed by atoms with Gasteiger partial charge in [0.25, 0.3) is 5.56 Å². The predicted molar refractivity (Wildman–Crippen MR) is 53.4 cm³/mol. The van der Waals surface area contributed by atoms with Gasteiger partial charge in [0.2, 0.25) is 0 Å². The Labute approximate surface area is 89.5 Å². The fourth-order valence-corrected chi connectivity index (χ4v) is 1.23. The molecule has 0 spiro atoms. The van der Waals surface area contributed by atoms with Crippen molar-refractivity contribution in [1.82, 2.24) is 20.2 Å². The molecule has 16 heavy (non-hydrogen) atoms. The van der Waals surface area contributed by atoms with Crippen molar-refractivity contribution in [2.45, 2.75) is 13.5 Å². The molecule has 0 aliphatic carbocycles. The van der Waals surface area contributed by atoms with Crippen LogP contribution < -0.4 is 5.56 Å². The van der Waals surface area contributed by atoms with Crippen LogP contribution in [0.25, 0.3) is 10.9 Å². The second kappa shape index (κ2) is 4.05. The predicted octanol–water partition coefficient (Wildman–Crippen LogP) is -0.224. The Morgan fingerprint density at radius 2 is 2.38 bits per heavy atom. The summed E-state index contributed by atoms with van der Waals surface area (Å²) in [6.45, 7) is 1.28. The van der Waals surface area contributed by atoms with E-state index in [1.807, 2.05) is 0 Å². The summed E-state index contributed by atoms with van der Waals surface area (Å²) in [5.74, 6) is -0.419. The van der Waals surface area contributed by atoms with E-state index in [2.05, 4.69) is 20.2 Å². The van der Waals surface area contributed by atoms with Gasteiger partial charge in [0.1, 0.15) is 24.1 Å². The van der Waals surface area contributed by atoms with Gasteiger partial charge in [-0.25, -0.2) is 15.1 Å². The molecule has 7 nitrogen and oxygen atoms in total. The van der Waals surface area contributed by atoms with Gasteiger partial charge in [0, 0.05) is 13.1 Å². The summed E-state index contributed by atoms with van der Waals surface area (Å²) in [4.78, 5) is 29.7. The number of rotatable bonds is 2.